The van der Waals surface area contributed by atoms with Gasteiger partial charge in [0.25, 0.3) is 5.91 Å². The number of nitrogens with zero attached hydrogens (tertiary/aromatic N) is 1. The number of aryl methyl sites for hydroxylation is 1. The fourth-order valence-electron chi connectivity index (χ4n) is 2.60. The molecule has 27 heavy (non-hydrogen) atoms. The summed E-state index contributed by atoms with van der Waals surface area (Å²) >= 11 is 0. The highest BCUT2D eigenvalue weighted by atomic mass is 16.5. The van der Waals surface area contributed by atoms with Crippen LogP contribution in [0.1, 0.15) is 21.5 Å². The van der Waals surface area contributed by atoms with Gasteiger partial charge in [-0.05, 0) is 48.7 Å². The molecule has 6 nitrogen and oxygen atoms in total. The van der Waals surface area contributed by atoms with Crippen LogP contribution in [0.15, 0.2) is 53.5 Å². The van der Waals surface area contributed by atoms with Crippen LogP contribution in [0.2, 0.25) is 0 Å². The van der Waals surface area contributed by atoms with Crippen LogP contribution in [-0.2, 0) is 6.42 Å². The van der Waals surface area contributed by atoms with Gasteiger partial charge in [-0.25, -0.2) is 0 Å². The predicted octanol–water partition coefficient (Wildman–Crippen LogP) is 2.14. The van der Waals surface area contributed by atoms with Gasteiger partial charge in [0.05, 0.1) is 6.54 Å². The Morgan fingerprint density at radius 1 is 1.07 bits per heavy atom. The van der Waals surface area contributed by atoms with E-state index in [1.807, 2.05) is 55.5 Å². The maximum atomic E-state index is 11.7. The van der Waals surface area contributed by atoms with E-state index in [9.17, 15) is 4.79 Å². The number of hydrogen-bond donors (Lipinski definition) is 3. The molecule has 0 saturated carbocycles. The average molecular weight is 368 g/mol. The molecule has 0 aliphatic heterocycles. The van der Waals surface area contributed by atoms with Crippen molar-refractivity contribution in [3.05, 3.63) is 65.2 Å². The minimum Gasteiger partial charge on any atom is -0.492 e. The average Bonchev–Trinajstić information content (AvgIpc) is 2.69. The van der Waals surface area contributed by atoms with Crippen LogP contribution in [0.25, 0.3) is 0 Å². The first-order valence-corrected chi connectivity index (χ1v) is 9.07. The summed E-state index contributed by atoms with van der Waals surface area (Å²) in [6.45, 7) is 3.97. The lowest BCUT2D eigenvalue weighted by Crippen LogP contribution is -2.40. The van der Waals surface area contributed by atoms with Crippen LogP contribution in [0.5, 0.6) is 5.75 Å². The van der Waals surface area contributed by atoms with Crippen molar-refractivity contribution < 1.29 is 9.53 Å². The Hall–Kier alpha value is -3.02. The Bertz CT molecular complexity index is 774. The Labute approximate surface area is 161 Å². The predicted molar refractivity (Wildman–Crippen MR) is 110 cm³/mol. The van der Waals surface area contributed by atoms with Gasteiger partial charge in [0.1, 0.15) is 12.4 Å². The van der Waals surface area contributed by atoms with Gasteiger partial charge in [-0.1, -0.05) is 24.3 Å². The zero-order valence-electron chi connectivity index (χ0n) is 16.2. The van der Waals surface area contributed by atoms with Crippen molar-refractivity contribution in [3.8, 4) is 5.75 Å². The smallest absolute Gasteiger partial charge is 0.251 e. The summed E-state index contributed by atoms with van der Waals surface area (Å²) in [5, 5.41) is 9.14. The molecule has 3 N–H and O–H groups in total. The Morgan fingerprint density at radius 3 is 2.59 bits per heavy atom. The summed E-state index contributed by atoms with van der Waals surface area (Å²) in [5.41, 5.74) is 2.95. The number of aliphatic imine (C=N–C) groups is 1. The molecule has 0 radical (unpaired) electrons. The molecular weight excluding hydrogens is 340 g/mol. The molecule has 2 aromatic rings. The SMILES string of the molecule is CN=C(NCCOc1cccc(C)c1)NCCc1cccc(C(=O)NC)c1. The third-order valence-corrected chi connectivity index (χ3v) is 4.00. The number of carbonyl (C=O) groups is 1. The Balaban J connectivity index is 1.70. The van der Waals surface area contributed by atoms with E-state index in [1.165, 1.54) is 5.56 Å². The number of amides is 1. The van der Waals surface area contributed by atoms with Gasteiger partial charge in [0.2, 0.25) is 0 Å². The van der Waals surface area contributed by atoms with Gasteiger partial charge in [0, 0.05) is 26.2 Å². The third-order valence-electron chi connectivity index (χ3n) is 4.00. The Kier molecular flexibility index (Phi) is 8.16. The molecule has 144 valence electrons. The molecule has 2 rings (SSSR count). The maximum Gasteiger partial charge on any atom is 0.251 e. The summed E-state index contributed by atoms with van der Waals surface area (Å²) in [7, 11) is 3.37. The van der Waals surface area contributed by atoms with Crippen molar-refractivity contribution >= 4 is 11.9 Å². The van der Waals surface area contributed by atoms with Crippen molar-refractivity contribution in [1.29, 1.82) is 0 Å². The van der Waals surface area contributed by atoms with Crippen LogP contribution in [0, 0.1) is 6.92 Å². The van der Waals surface area contributed by atoms with Crippen LogP contribution in [0.4, 0.5) is 0 Å². The first-order valence-electron chi connectivity index (χ1n) is 9.07. The lowest BCUT2D eigenvalue weighted by Gasteiger charge is -2.13. The van der Waals surface area contributed by atoms with E-state index in [0.717, 1.165) is 30.2 Å². The molecule has 6 heteroatoms. The number of ether oxygens (including phenoxy) is 1. The van der Waals surface area contributed by atoms with E-state index in [-0.39, 0.29) is 5.91 Å². The molecule has 2 aromatic carbocycles. The summed E-state index contributed by atoms with van der Waals surface area (Å²) in [6, 6.07) is 15.6. The number of rotatable bonds is 8. The maximum absolute atomic E-state index is 11.7. The topological polar surface area (TPSA) is 74.8 Å². The van der Waals surface area contributed by atoms with E-state index < -0.39 is 0 Å². The molecule has 0 atom stereocenters. The van der Waals surface area contributed by atoms with Gasteiger partial charge in [0.15, 0.2) is 5.96 Å². The number of hydrogen-bond acceptors (Lipinski definition) is 3. The number of nitrogens with one attached hydrogen (secondary N) is 3. The lowest BCUT2D eigenvalue weighted by atomic mass is 10.1. The van der Waals surface area contributed by atoms with Gasteiger partial charge in [-0.15, -0.1) is 0 Å². The van der Waals surface area contributed by atoms with Crippen LogP contribution in [-0.4, -0.2) is 45.7 Å². The molecule has 0 aliphatic carbocycles. The summed E-state index contributed by atoms with van der Waals surface area (Å²) in [4.78, 5) is 15.9. The van der Waals surface area contributed by atoms with Gasteiger partial charge in [-0.3, -0.25) is 9.79 Å². The normalized spacial score (nSPS) is 11.0. The van der Waals surface area contributed by atoms with Gasteiger partial charge >= 0.3 is 0 Å². The minimum absolute atomic E-state index is 0.0732. The minimum atomic E-state index is -0.0732. The summed E-state index contributed by atoms with van der Waals surface area (Å²) in [6.07, 6.45) is 0.797. The largest absolute Gasteiger partial charge is 0.492 e. The fourth-order valence-corrected chi connectivity index (χ4v) is 2.60. The van der Waals surface area contributed by atoms with E-state index in [1.54, 1.807) is 14.1 Å². The molecule has 0 heterocycles. The van der Waals surface area contributed by atoms with E-state index in [4.69, 9.17) is 4.74 Å². The number of guanidine groups is 1. The molecule has 0 fully saturated rings. The molecule has 0 unspecified atom stereocenters. The second-order valence-corrected chi connectivity index (χ2v) is 6.12. The van der Waals surface area contributed by atoms with Gasteiger partial charge in [-0.2, -0.15) is 0 Å². The zero-order valence-corrected chi connectivity index (χ0v) is 16.2. The highest BCUT2D eigenvalue weighted by Crippen LogP contribution is 2.11. The molecule has 1 amide bonds. The van der Waals surface area contributed by atoms with Crippen molar-refractivity contribution in [3.63, 3.8) is 0 Å². The standard InChI is InChI=1S/C21H28N4O2/c1-16-6-4-9-19(14-16)27-13-12-25-21(23-3)24-11-10-17-7-5-8-18(15-17)20(26)22-2/h4-9,14-15H,10-13H2,1-3H3,(H,22,26)(H2,23,24,25). The molecule has 0 saturated heterocycles. The fraction of sp³-hybridized carbons (Fsp3) is 0.333. The Morgan fingerprint density at radius 2 is 1.85 bits per heavy atom. The third kappa shape index (κ3) is 7.01. The van der Waals surface area contributed by atoms with Crippen molar-refractivity contribution in [2.45, 2.75) is 13.3 Å². The highest BCUT2D eigenvalue weighted by Gasteiger charge is 2.04. The molecular formula is C21H28N4O2. The summed E-state index contributed by atoms with van der Waals surface area (Å²) < 4.78 is 5.72. The van der Waals surface area contributed by atoms with Crippen molar-refractivity contribution in [2.75, 3.05) is 33.8 Å². The zero-order chi connectivity index (χ0) is 19.5. The van der Waals surface area contributed by atoms with E-state index >= 15 is 0 Å². The quantitative estimate of drug-likeness (QED) is 0.379. The molecule has 0 bridgehead atoms. The lowest BCUT2D eigenvalue weighted by molar-refractivity contribution is 0.0963. The van der Waals surface area contributed by atoms with Crippen LogP contribution >= 0.6 is 0 Å². The second-order valence-electron chi connectivity index (χ2n) is 6.12. The van der Waals surface area contributed by atoms with Crippen molar-refractivity contribution in [1.82, 2.24) is 16.0 Å². The molecule has 0 aromatic heterocycles. The van der Waals surface area contributed by atoms with Gasteiger partial charge < -0.3 is 20.7 Å². The number of benzene rings is 2. The van der Waals surface area contributed by atoms with Crippen LogP contribution < -0.4 is 20.7 Å². The number of carbonyl (C=O) groups excluding carboxylic acids is 1. The molecule has 0 aliphatic rings. The van der Waals surface area contributed by atoms with E-state index in [2.05, 4.69) is 20.9 Å². The first-order chi connectivity index (χ1) is 13.1. The molecule has 0 spiro atoms. The monoisotopic (exact) mass is 368 g/mol. The summed E-state index contributed by atoms with van der Waals surface area (Å²) in [5.74, 6) is 1.52. The van der Waals surface area contributed by atoms with Crippen molar-refractivity contribution in [2.24, 2.45) is 4.99 Å². The van der Waals surface area contributed by atoms with Crippen LogP contribution in [0.3, 0.4) is 0 Å². The van der Waals surface area contributed by atoms with E-state index in [0.29, 0.717) is 18.7 Å². The second kappa shape index (κ2) is 10.9. The first kappa shape index (κ1) is 20.3. The highest BCUT2D eigenvalue weighted by molar-refractivity contribution is 5.94.